The zero-order chi connectivity index (χ0) is 14.5. The normalized spacial score (nSPS) is 18.4. The van der Waals surface area contributed by atoms with Gasteiger partial charge in [0.2, 0.25) is 0 Å². The number of nitrogens with one attached hydrogen (secondary N) is 1. The molecule has 1 aliphatic rings. The molecule has 1 aromatic carbocycles. The van der Waals surface area contributed by atoms with Crippen LogP contribution in [0.15, 0.2) is 18.2 Å². The molecule has 2 rings (SSSR count). The lowest BCUT2D eigenvalue weighted by atomic mass is 10.1. The van der Waals surface area contributed by atoms with E-state index in [1.165, 1.54) is 0 Å². The third-order valence-electron chi connectivity index (χ3n) is 3.80. The topological polar surface area (TPSA) is 41.6 Å². The smallest absolute Gasteiger partial charge is 0.253 e. The Labute approximate surface area is 121 Å². The third-order valence-corrected chi connectivity index (χ3v) is 3.80. The summed E-state index contributed by atoms with van der Waals surface area (Å²) >= 11 is 0. The van der Waals surface area contributed by atoms with Crippen LogP contribution in [-0.2, 0) is 0 Å². The zero-order valence-corrected chi connectivity index (χ0v) is 12.6. The van der Waals surface area contributed by atoms with Crippen molar-refractivity contribution in [3.8, 4) is 5.75 Å². The molecule has 0 saturated carbocycles. The van der Waals surface area contributed by atoms with Crippen molar-refractivity contribution in [3.05, 3.63) is 29.3 Å². The molecule has 0 aliphatic carbocycles. The number of aryl methyl sites for hydroxylation is 1. The Bertz CT molecular complexity index is 474. The van der Waals surface area contributed by atoms with Gasteiger partial charge in [0.25, 0.3) is 5.91 Å². The lowest BCUT2D eigenvalue weighted by molar-refractivity contribution is 0.0786. The summed E-state index contributed by atoms with van der Waals surface area (Å²) in [5.41, 5.74) is 1.79. The highest BCUT2D eigenvalue weighted by Gasteiger charge is 2.26. The first-order chi connectivity index (χ1) is 9.65. The van der Waals surface area contributed by atoms with E-state index in [4.69, 9.17) is 4.74 Å². The van der Waals surface area contributed by atoms with Gasteiger partial charge in [0.05, 0.1) is 6.61 Å². The number of carbonyl (C=O) groups excluding carboxylic acids is 1. The van der Waals surface area contributed by atoms with Crippen molar-refractivity contribution in [1.29, 1.82) is 0 Å². The van der Waals surface area contributed by atoms with E-state index in [0.29, 0.717) is 12.5 Å². The number of likely N-dealkylation sites (tertiary alicyclic amines) is 1. The van der Waals surface area contributed by atoms with Crippen LogP contribution in [0.2, 0.25) is 0 Å². The lowest BCUT2D eigenvalue weighted by Gasteiger charge is -2.17. The van der Waals surface area contributed by atoms with Crippen molar-refractivity contribution >= 4 is 5.91 Å². The summed E-state index contributed by atoms with van der Waals surface area (Å²) in [4.78, 5) is 14.5. The summed E-state index contributed by atoms with van der Waals surface area (Å²) in [5, 5.41) is 3.18. The second kappa shape index (κ2) is 6.75. The van der Waals surface area contributed by atoms with Crippen LogP contribution >= 0.6 is 0 Å². The molecule has 0 aromatic heterocycles. The maximum Gasteiger partial charge on any atom is 0.253 e. The molecular formula is C16H24N2O2. The number of hydrogen-bond acceptors (Lipinski definition) is 3. The number of ether oxygens (including phenoxy) is 1. The number of benzene rings is 1. The van der Waals surface area contributed by atoms with Gasteiger partial charge in [-0.2, -0.15) is 0 Å². The number of rotatable bonds is 5. The third kappa shape index (κ3) is 3.31. The molecule has 0 unspecified atom stereocenters. The predicted octanol–water partition coefficient (Wildman–Crippen LogP) is 2.08. The average molecular weight is 276 g/mol. The number of hydrogen-bond donors (Lipinski definition) is 1. The van der Waals surface area contributed by atoms with E-state index in [9.17, 15) is 4.79 Å². The van der Waals surface area contributed by atoms with Gasteiger partial charge in [-0.1, -0.05) is 6.07 Å². The Hall–Kier alpha value is -1.55. The summed E-state index contributed by atoms with van der Waals surface area (Å²) < 4.78 is 5.57. The van der Waals surface area contributed by atoms with Gasteiger partial charge in [-0.3, -0.25) is 4.79 Å². The van der Waals surface area contributed by atoms with E-state index in [1.807, 2.05) is 44.0 Å². The van der Waals surface area contributed by atoms with Crippen LogP contribution < -0.4 is 10.1 Å². The summed E-state index contributed by atoms with van der Waals surface area (Å²) in [6, 6.07) is 5.72. The predicted molar refractivity (Wildman–Crippen MR) is 80.3 cm³/mol. The molecule has 0 bridgehead atoms. The molecule has 1 atom stereocenters. The average Bonchev–Trinajstić information content (AvgIpc) is 2.90. The minimum atomic E-state index is 0.115. The largest absolute Gasteiger partial charge is 0.494 e. The van der Waals surface area contributed by atoms with Gasteiger partial charge in [0.15, 0.2) is 0 Å². The monoisotopic (exact) mass is 276 g/mol. The first-order valence-electron chi connectivity index (χ1n) is 7.33. The Balaban J connectivity index is 2.08. The molecular weight excluding hydrogens is 252 g/mol. The first kappa shape index (κ1) is 14.9. The lowest BCUT2D eigenvalue weighted by Crippen LogP contribution is -2.30. The second-order valence-corrected chi connectivity index (χ2v) is 5.38. The minimum Gasteiger partial charge on any atom is -0.494 e. The molecule has 1 N–H and O–H groups in total. The van der Waals surface area contributed by atoms with Crippen LogP contribution in [0.5, 0.6) is 5.75 Å². The second-order valence-electron chi connectivity index (χ2n) is 5.38. The maximum absolute atomic E-state index is 12.5. The molecule has 1 heterocycles. The van der Waals surface area contributed by atoms with E-state index in [0.717, 1.165) is 42.9 Å². The van der Waals surface area contributed by atoms with E-state index in [1.54, 1.807) is 0 Å². The van der Waals surface area contributed by atoms with Crippen molar-refractivity contribution in [1.82, 2.24) is 10.2 Å². The van der Waals surface area contributed by atoms with Gasteiger partial charge < -0.3 is 15.0 Å². The van der Waals surface area contributed by atoms with Crippen LogP contribution in [0, 0.1) is 12.8 Å². The Morgan fingerprint density at radius 3 is 3.00 bits per heavy atom. The van der Waals surface area contributed by atoms with Crippen molar-refractivity contribution in [2.45, 2.75) is 20.3 Å². The Morgan fingerprint density at radius 1 is 1.50 bits per heavy atom. The van der Waals surface area contributed by atoms with Crippen LogP contribution in [0.3, 0.4) is 0 Å². The fraction of sp³-hybridized carbons (Fsp3) is 0.562. The minimum absolute atomic E-state index is 0.115. The molecule has 1 amide bonds. The first-order valence-corrected chi connectivity index (χ1v) is 7.33. The zero-order valence-electron chi connectivity index (χ0n) is 12.6. The molecule has 1 saturated heterocycles. The number of amides is 1. The molecule has 20 heavy (non-hydrogen) atoms. The number of carbonyl (C=O) groups is 1. The number of nitrogens with zero attached hydrogens (tertiary/aromatic N) is 1. The fourth-order valence-electron chi connectivity index (χ4n) is 2.70. The molecule has 110 valence electrons. The van der Waals surface area contributed by atoms with Gasteiger partial charge in [-0.15, -0.1) is 0 Å². The van der Waals surface area contributed by atoms with Crippen molar-refractivity contribution in [2.24, 2.45) is 5.92 Å². The maximum atomic E-state index is 12.5. The molecule has 0 spiro atoms. The van der Waals surface area contributed by atoms with Gasteiger partial charge >= 0.3 is 0 Å². The molecule has 0 radical (unpaired) electrons. The summed E-state index contributed by atoms with van der Waals surface area (Å²) in [5.74, 6) is 1.50. The highest BCUT2D eigenvalue weighted by atomic mass is 16.5. The standard InChI is InChI=1S/C16H24N2O2/c1-4-20-15-9-14(6-5-12(15)2)16(19)18-8-7-13(11-18)10-17-3/h5-6,9,13,17H,4,7-8,10-11H2,1-3H3/t13-/m1/s1. The van der Waals surface area contributed by atoms with Crippen LogP contribution in [0.4, 0.5) is 0 Å². The fourth-order valence-corrected chi connectivity index (χ4v) is 2.70. The molecule has 1 aliphatic heterocycles. The van der Waals surface area contributed by atoms with E-state index in [-0.39, 0.29) is 5.91 Å². The van der Waals surface area contributed by atoms with Crippen molar-refractivity contribution in [3.63, 3.8) is 0 Å². The molecule has 4 heteroatoms. The van der Waals surface area contributed by atoms with Crippen LogP contribution in [0.1, 0.15) is 29.3 Å². The van der Waals surface area contributed by atoms with Gasteiger partial charge in [-0.25, -0.2) is 0 Å². The van der Waals surface area contributed by atoms with E-state index >= 15 is 0 Å². The molecule has 1 fully saturated rings. The van der Waals surface area contributed by atoms with Crippen LogP contribution in [-0.4, -0.2) is 44.1 Å². The van der Waals surface area contributed by atoms with Gasteiger partial charge in [0, 0.05) is 18.7 Å². The molecule has 4 nitrogen and oxygen atoms in total. The van der Waals surface area contributed by atoms with E-state index < -0.39 is 0 Å². The van der Waals surface area contributed by atoms with Crippen molar-refractivity contribution < 1.29 is 9.53 Å². The Kier molecular flexibility index (Phi) is 5.01. The highest BCUT2D eigenvalue weighted by molar-refractivity contribution is 5.95. The van der Waals surface area contributed by atoms with Gasteiger partial charge in [-0.05, 0) is 57.5 Å². The summed E-state index contributed by atoms with van der Waals surface area (Å²) in [6.07, 6.45) is 1.08. The van der Waals surface area contributed by atoms with E-state index in [2.05, 4.69) is 5.32 Å². The quantitative estimate of drug-likeness (QED) is 0.895. The summed E-state index contributed by atoms with van der Waals surface area (Å²) in [7, 11) is 1.96. The van der Waals surface area contributed by atoms with Gasteiger partial charge in [0.1, 0.15) is 5.75 Å². The summed E-state index contributed by atoms with van der Waals surface area (Å²) in [6.45, 7) is 7.24. The SMILES string of the molecule is CCOc1cc(C(=O)N2CC[C@H](CNC)C2)ccc1C. The molecule has 1 aromatic rings. The Morgan fingerprint density at radius 2 is 2.30 bits per heavy atom. The van der Waals surface area contributed by atoms with Crippen molar-refractivity contribution in [2.75, 3.05) is 33.3 Å². The highest BCUT2D eigenvalue weighted by Crippen LogP contribution is 2.23. The van der Waals surface area contributed by atoms with Crippen LogP contribution in [0.25, 0.3) is 0 Å².